The van der Waals surface area contributed by atoms with E-state index in [2.05, 4.69) is 0 Å². The highest BCUT2D eigenvalue weighted by Crippen LogP contribution is 2.63. The van der Waals surface area contributed by atoms with Crippen molar-refractivity contribution >= 4 is 11.9 Å². The lowest BCUT2D eigenvalue weighted by Gasteiger charge is -2.62. The zero-order valence-corrected chi connectivity index (χ0v) is 14.7. The quantitative estimate of drug-likeness (QED) is 0.731. The van der Waals surface area contributed by atoms with Crippen LogP contribution in [-0.4, -0.2) is 44.7 Å². The second-order valence-corrected chi connectivity index (χ2v) is 8.95. The first-order chi connectivity index (χ1) is 11.2. The highest BCUT2D eigenvalue weighted by Gasteiger charge is 2.68. The molecule has 1 unspecified atom stereocenters. The van der Waals surface area contributed by atoms with Gasteiger partial charge in [0, 0.05) is 5.41 Å². The van der Waals surface area contributed by atoms with Crippen LogP contribution in [0.4, 0.5) is 0 Å². The number of rotatable bonds is 4. The largest absolute Gasteiger partial charge is 0.466 e. The van der Waals surface area contributed by atoms with Gasteiger partial charge in [-0.15, -0.1) is 0 Å². The standard InChI is InChI=1S/C18H26O6/c1-4-22-12(19)16(3)7-18(8-16)11-23-14(18)24-13(20)15(2)5-17(6-15)9-21-10-17/h14H,4-11H2,1-3H3. The van der Waals surface area contributed by atoms with Gasteiger partial charge in [0.2, 0.25) is 6.29 Å². The molecule has 0 bridgehead atoms. The van der Waals surface area contributed by atoms with Crippen molar-refractivity contribution in [2.45, 2.75) is 52.7 Å². The molecule has 134 valence electrons. The van der Waals surface area contributed by atoms with Crippen molar-refractivity contribution in [3.63, 3.8) is 0 Å². The van der Waals surface area contributed by atoms with Crippen molar-refractivity contribution < 1.29 is 28.5 Å². The molecule has 0 aromatic heterocycles. The Hall–Kier alpha value is -1.14. The fraction of sp³-hybridized carbons (Fsp3) is 0.889. The summed E-state index contributed by atoms with van der Waals surface area (Å²) >= 11 is 0. The molecule has 2 aliphatic heterocycles. The normalized spacial score (nSPS) is 36.7. The first-order valence-corrected chi connectivity index (χ1v) is 8.83. The number of hydrogen-bond acceptors (Lipinski definition) is 6. The van der Waals surface area contributed by atoms with E-state index in [1.807, 2.05) is 20.8 Å². The molecule has 2 heterocycles. The predicted molar refractivity (Wildman–Crippen MR) is 82.8 cm³/mol. The Morgan fingerprint density at radius 2 is 1.62 bits per heavy atom. The zero-order valence-electron chi connectivity index (χ0n) is 14.7. The molecule has 1 atom stereocenters. The number of hydrogen-bond donors (Lipinski definition) is 0. The van der Waals surface area contributed by atoms with E-state index in [9.17, 15) is 9.59 Å². The molecule has 6 heteroatoms. The maximum Gasteiger partial charge on any atom is 0.314 e. The van der Waals surface area contributed by atoms with Crippen LogP contribution in [0, 0.1) is 21.7 Å². The maximum absolute atomic E-state index is 12.6. The predicted octanol–water partition coefficient (Wildman–Crippen LogP) is 2.05. The van der Waals surface area contributed by atoms with Crippen molar-refractivity contribution in [2.24, 2.45) is 21.7 Å². The summed E-state index contributed by atoms with van der Waals surface area (Å²) in [5.74, 6) is -0.334. The summed E-state index contributed by atoms with van der Waals surface area (Å²) in [5.41, 5.74) is -0.879. The molecule has 4 rings (SSSR count). The molecule has 24 heavy (non-hydrogen) atoms. The maximum atomic E-state index is 12.6. The summed E-state index contributed by atoms with van der Waals surface area (Å²) in [4.78, 5) is 24.6. The second-order valence-electron chi connectivity index (χ2n) is 8.95. The van der Waals surface area contributed by atoms with Crippen LogP contribution < -0.4 is 0 Å². The van der Waals surface area contributed by atoms with E-state index in [1.54, 1.807) is 0 Å². The van der Waals surface area contributed by atoms with Crippen LogP contribution in [0.2, 0.25) is 0 Å². The van der Waals surface area contributed by atoms with E-state index >= 15 is 0 Å². The number of carbonyl (C=O) groups is 2. The second kappa shape index (κ2) is 4.94. The van der Waals surface area contributed by atoms with Gasteiger partial charge < -0.3 is 18.9 Å². The van der Waals surface area contributed by atoms with Crippen molar-refractivity contribution in [1.82, 2.24) is 0 Å². The van der Waals surface area contributed by atoms with E-state index < -0.39 is 17.1 Å². The van der Waals surface area contributed by atoms with Gasteiger partial charge in [0.05, 0.1) is 42.7 Å². The topological polar surface area (TPSA) is 71.1 Å². The van der Waals surface area contributed by atoms with E-state index in [0.29, 0.717) is 26.1 Å². The van der Waals surface area contributed by atoms with Gasteiger partial charge in [-0.25, -0.2) is 0 Å². The Bertz CT molecular complexity index is 564. The smallest absolute Gasteiger partial charge is 0.314 e. The molecule has 2 saturated carbocycles. The Morgan fingerprint density at radius 1 is 1.00 bits per heavy atom. The molecule has 4 aliphatic rings. The minimum absolute atomic E-state index is 0.162. The fourth-order valence-electron chi connectivity index (χ4n) is 5.35. The van der Waals surface area contributed by atoms with Crippen molar-refractivity contribution in [3.8, 4) is 0 Å². The molecule has 2 spiro atoms. The van der Waals surface area contributed by atoms with Crippen molar-refractivity contribution in [2.75, 3.05) is 26.4 Å². The van der Waals surface area contributed by atoms with Gasteiger partial charge in [0.15, 0.2) is 0 Å². The van der Waals surface area contributed by atoms with Crippen molar-refractivity contribution in [1.29, 1.82) is 0 Å². The molecular weight excluding hydrogens is 312 g/mol. The van der Waals surface area contributed by atoms with Gasteiger partial charge in [0.1, 0.15) is 0 Å². The number of esters is 2. The van der Waals surface area contributed by atoms with Crippen LogP contribution in [0.1, 0.15) is 46.5 Å². The summed E-state index contributed by atoms with van der Waals surface area (Å²) < 4.78 is 21.6. The van der Waals surface area contributed by atoms with Gasteiger partial charge in [-0.3, -0.25) is 9.59 Å². The molecule has 0 amide bonds. The number of carbonyl (C=O) groups excluding carboxylic acids is 2. The lowest BCUT2D eigenvalue weighted by atomic mass is 9.51. The molecule has 2 aliphatic carbocycles. The fourth-order valence-corrected chi connectivity index (χ4v) is 5.35. The SMILES string of the molecule is CCOC(=O)C1(C)CC2(COC2OC(=O)C2(C)CC3(COC3)C2)C1. The zero-order chi connectivity index (χ0) is 17.2. The van der Waals surface area contributed by atoms with Gasteiger partial charge in [-0.05, 0) is 46.5 Å². The third-order valence-corrected chi connectivity index (χ3v) is 6.33. The molecule has 0 N–H and O–H groups in total. The van der Waals surface area contributed by atoms with E-state index in [1.165, 1.54) is 0 Å². The van der Waals surface area contributed by atoms with E-state index in [-0.39, 0.29) is 22.8 Å². The molecule has 0 aromatic carbocycles. The minimum Gasteiger partial charge on any atom is -0.466 e. The lowest BCUT2D eigenvalue weighted by molar-refractivity contribution is -0.346. The Morgan fingerprint density at radius 3 is 2.08 bits per heavy atom. The minimum atomic E-state index is -0.515. The van der Waals surface area contributed by atoms with E-state index in [4.69, 9.17) is 18.9 Å². The third-order valence-electron chi connectivity index (χ3n) is 6.33. The number of ether oxygens (including phenoxy) is 4. The average molecular weight is 338 g/mol. The summed E-state index contributed by atoms with van der Waals surface area (Å²) in [7, 11) is 0. The average Bonchev–Trinajstić information content (AvgIpc) is 2.42. The van der Waals surface area contributed by atoms with Gasteiger partial charge in [-0.2, -0.15) is 0 Å². The van der Waals surface area contributed by atoms with Gasteiger partial charge >= 0.3 is 11.9 Å². The first kappa shape index (κ1) is 16.3. The van der Waals surface area contributed by atoms with Crippen LogP contribution in [0.25, 0.3) is 0 Å². The van der Waals surface area contributed by atoms with E-state index in [0.717, 1.165) is 26.1 Å². The van der Waals surface area contributed by atoms with Crippen molar-refractivity contribution in [3.05, 3.63) is 0 Å². The van der Waals surface area contributed by atoms with Crippen LogP contribution in [-0.2, 0) is 28.5 Å². The molecule has 6 nitrogen and oxygen atoms in total. The summed E-state index contributed by atoms with van der Waals surface area (Å²) in [6.07, 6.45) is 2.47. The summed E-state index contributed by atoms with van der Waals surface area (Å²) in [6.45, 7) is 8.16. The summed E-state index contributed by atoms with van der Waals surface area (Å²) in [6, 6.07) is 0. The van der Waals surface area contributed by atoms with Crippen LogP contribution in [0.3, 0.4) is 0 Å². The summed E-state index contributed by atoms with van der Waals surface area (Å²) in [5, 5.41) is 0. The molecule has 2 saturated heterocycles. The third kappa shape index (κ3) is 2.15. The molecule has 0 radical (unpaired) electrons. The lowest BCUT2D eigenvalue weighted by Crippen LogP contribution is -2.67. The van der Waals surface area contributed by atoms with Gasteiger partial charge in [-0.1, -0.05) is 0 Å². The highest BCUT2D eigenvalue weighted by atomic mass is 16.7. The molecule has 4 fully saturated rings. The monoisotopic (exact) mass is 338 g/mol. The molecule has 0 aromatic rings. The van der Waals surface area contributed by atoms with Crippen LogP contribution in [0.15, 0.2) is 0 Å². The van der Waals surface area contributed by atoms with Gasteiger partial charge in [0.25, 0.3) is 0 Å². The Kier molecular flexibility index (Phi) is 3.37. The highest BCUT2D eigenvalue weighted by molar-refractivity contribution is 5.79. The Labute approximate surface area is 142 Å². The van der Waals surface area contributed by atoms with Crippen LogP contribution in [0.5, 0.6) is 0 Å². The van der Waals surface area contributed by atoms with Crippen LogP contribution >= 0.6 is 0 Å². The first-order valence-electron chi connectivity index (χ1n) is 8.83. The molecular formula is C18H26O6. The Balaban J connectivity index is 1.32.